The number of halogens is 1. The zero-order valence-corrected chi connectivity index (χ0v) is 11.6. The second-order valence-electron chi connectivity index (χ2n) is 4.32. The van der Waals surface area contributed by atoms with E-state index in [1.54, 1.807) is 0 Å². The Morgan fingerprint density at radius 2 is 1.84 bits per heavy atom. The first-order valence-electron chi connectivity index (χ1n) is 6.24. The predicted octanol–water partition coefficient (Wildman–Crippen LogP) is 2.27. The fourth-order valence-corrected chi connectivity index (χ4v) is 1.96. The molecule has 0 unspecified atom stereocenters. The molecule has 0 bridgehead atoms. The van der Waals surface area contributed by atoms with Crippen molar-refractivity contribution in [2.24, 2.45) is 5.73 Å². The molecule has 0 saturated heterocycles. The van der Waals surface area contributed by atoms with Crippen LogP contribution in [-0.2, 0) is 11.2 Å². The SMILES string of the molecule is Cl.NCCC(=O)NCCc1ccc2ccccc2c1. The lowest BCUT2D eigenvalue weighted by Crippen LogP contribution is -2.27. The van der Waals surface area contributed by atoms with E-state index in [9.17, 15) is 4.79 Å². The van der Waals surface area contributed by atoms with Crippen molar-refractivity contribution >= 4 is 29.1 Å². The van der Waals surface area contributed by atoms with Crippen LogP contribution in [0.15, 0.2) is 42.5 Å². The van der Waals surface area contributed by atoms with Gasteiger partial charge in [-0.2, -0.15) is 0 Å². The summed E-state index contributed by atoms with van der Waals surface area (Å²) >= 11 is 0. The lowest BCUT2D eigenvalue weighted by Gasteiger charge is -2.05. The van der Waals surface area contributed by atoms with E-state index < -0.39 is 0 Å². The van der Waals surface area contributed by atoms with Crippen LogP contribution in [0.1, 0.15) is 12.0 Å². The smallest absolute Gasteiger partial charge is 0.221 e. The Morgan fingerprint density at radius 1 is 1.11 bits per heavy atom. The molecular weight excluding hydrogens is 260 g/mol. The zero-order chi connectivity index (χ0) is 12.8. The Balaban J connectivity index is 0.00000180. The molecule has 0 atom stereocenters. The molecule has 3 nitrogen and oxygen atoms in total. The van der Waals surface area contributed by atoms with Crippen molar-refractivity contribution in [3.63, 3.8) is 0 Å². The van der Waals surface area contributed by atoms with Gasteiger partial charge in [0, 0.05) is 19.5 Å². The van der Waals surface area contributed by atoms with Crippen LogP contribution in [-0.4, -0.2) is 19.0 Å². The minimum absolute atomic E-state index is 0. The maximum Gasteiger partial charge on any atom is 0.221 e. The van der Waals surface area contributed by atoms with Gasteiger partial charge in [0.05, 0.1) is 0 Å². The predicted molar refractivity (Wildman–Crippen MR) is 81.6 cm³/mol. The number of nitrogens with two attached hydrogens (primary N) is 1. The van der Waals surface area contributed by atoms with Gasteiger partial charge in [-0.25, -0.2) is 0 Å². The molecular formula is C15H19ClN2O. The van der Waals surface area contributed by atoms with Gasteiger partial charge in [-0.15, -0.1) is 12.4 Å². The van der Waals surface area contributed by atoms with Gasteiger partial charge in [-0.05, 0) is 22.8 Å². The van der Waals surface area contributed by atoms with Crippen molar-refractivity contribution in [3.05, 3.63) is 48.0 Å². The van der Waals surface area contributed by atoms with E-state index >= 15 is 0 Å². The van der Waals surface area contributed by atoms with Gasteiger partial charge in [0.25, 0.3) is 0 Å². The van der Waals surface area contributed by atoms with Gasteiger partial charge in [-0.3, -0.25) is 4.79 Å². The highest BCUT2D eigenvalue weighted by molar-refractivity contribution is 5.85. The van der Waals surface area contributed by atoms with Crippen molar-refractivity contribution in [2.45, 2.75) is 12.8 Å². The number of hydrogen-bond donors (Lipinski definition) is 2. The number of nitrogens with one attached hydrogen (secondary N) is 1. The monoisotopic (exact) mass is 278 g/mol. The van der Waals surface area contributed by atoms with Gasteiger partial charge in [0.1, 0.15) is 0 Å². The molecule has 0 spiro atoms. The summed E-state index contributed by atoms with van der Waals surface area (Å²) < 4.78 is 0. The maximum absolute atomic E-state index is 11.3. The highest BCUT2D eigenvalue weighted by Gasteiger charge is 2.00. The van der Waals surface area contributed by atoms with E-state index in [0.29, 0.717) is 19.5 Å². The molecule has 0 aliphatic rings. The first-order chi connectivity index (χ1) is 8.79. The average molecular weight is 279 g/mol. The van der Waals surface area contributed by atoms with Crippen LogP contribution in [0, 0.1) is 0 Å². The summed E-state index contributed by atoms with van der Waals surface area (Å²) in [6.45, 7) is 1.07. The molecule has 0 saturated carbocycles. The molecule has 0 radical (unpaired) electrons. The summed E-state index contributed by atoms with van der Waals surface area (Å²) in [5.41, 5.74) is 6.55. The Kier molecular flexibility index (Phi) is 6.33. The minimum atomic E-state index is 0. The molecule has 102 valence electrons. The van der Waals surface area contributed by atoms with E-state index in [1.807, 2.05) is 12.1 Å². The average Bonchev–Trinajstić information content (AvgIpc) is 2.39. The fraction of sp³-hybridized carbons (Fsp3) is 0.267. The maximum atomic E-state index is 11.3. The van der Waals surface area contributed by atoms with Crippen LogP contribution in [0.4, 0.5) is 0 Å². The standard InChI is InChI=1S/C15H18N2O.ClH/c16-9-7-15(18)17-10-8-12-5-6-13-3-1-2-4-14(13)11-12;/h1-6,11H,7-10,16H2,(H,17,18);1H. The Hall–Kier alpha value is -1.58. The van der Waals surface area contributed by atoms with Crippen molar-refractivity contribution in [1.29, 1.82) is 0 Å². The Bertz CT molecular complexity index is 542. The summed E-state index contributed by atoms with van der Waals surface area (Å²) in [6, 6.07) is 14.7. The van der Waals surface area contributed by atoms with Gasteiger partial charge in [0.2, 0.25) is 5.91 Å². The molecule has 0 heterocycles. The zero-order valence-electron chi connectivity index (χ0n) is 10.8. The molecule has 1 amide bonds. The molecule has 0 aliphatic carbocycles. The molecule has 0 aromatic heterocycles. The molecule has 4 heteroatoms. The third-order valence-corrected chi connectivity index (χ3v) is 2.92. The van der Waals surface area contributed by atoms with Crippen molar-refractivity contribution in [3.8, 4) is 0 Å². The number of fused-ring (bicyclic) bond motifs is 1. The van der Waals surface area contributed by atoms with Crippen LogP contribution >= 0.6 is 12.4 Å². The van der Waals surface area contributed by atoms with Crippen LogP contribution in [0.5, 0.6) is 0 Å². The van der Waals surface area contributed by atoms with E-state index in [0.717, 1.165) is 6.42 Å². The van der Waals surface area contributed by atoms with Crippen LogP contribution < -0.4 is 11.1 Å². The normalized spacial score (nSPS) is 9.95. The molecule has 2 rings (SSSR count). The number of amides is 1. The quantitative estimate of drug-likeness (QED) is 0.881. The minimum Gasteiger partial charge on any atom is -0.356 e. The van der Waals surface area contributed by atoms with Crippen LogP contribution in [0.25, 0.3) is 10.8 Å². The van der Waals surface area contributed by atoms with Gasteiger partial charge in [0.15, 0.2) is 0 Å². The highest BCUT2D eigenvalue weighted by atomic mass is 35.5. The number of rotatable bonds is 5. The van der Waals surface area contributed by atoms with Crippen molar-refractivity contribution in [2.75, 3.05) is 13.1 Å². The number of benzene rings is 2. The second-order valence-corrected chi connectivity index (χ2v) is 4.32. The van der Waals surface area contributed by atoms with Crippen LogP contribution in [0.3, 0.4) is 0 Å². The van der Waals surface area contributed by atoms with Crippen LogP contribution in [0.2, 0.25) is 0 Å². The topological polar surface area (TPSA) is 55.1 Å². The second kappa shape index (κ2) is 7.77. The Labute approximate surface area is 119 Å². The number of carbonyl (C=O) groups is 1. The molecule has 19 heavy (non-hydrogen) atoms. The first kappa shape index (κ1) is 15.5. The molecule has 2 aromatic carbocycles. The summed E-state index contributed by atoms with van der Waals surface area (Å²) in [6.07, 6.45) is 1.25. The molecule has 0 aliphatic heterocycles. The van der Waals surface area contributed by atoms with Gasteiger partial charge >= 0.3 is 0 Å². The fourth-order valence-electron chi connectivity index (χ4n) is 1.96. The summed E-state index contributed by atoms with van der Waals surface area (Å²) in [5.74, 6) is 0.0262. The highest BCUT2D eigenvalue weighted by Crippen LogP contribution is 2.15. The van der Waals surface area contributed by atoms with E-state index in [-0.39, 0.29) is 18.3 Å². The third kappa shape index (κ3) is 4.54. The molecule has 0 fully saturated rings. The number of hydrogen-bond acceptors (Lipinski definition) is 2. The third-order valence-electron chi connectivity index (χ3n) is 2.92. The van der Waals surface area contributed by atoms with Crippen molar-refractivity contribution < 1.29 is 4.79 Å². The summed E-state index contributed by atoms with van der Waals surface area (Å²) in [4.78, 5) is 11.3. The summed E-state index contributed by atoms with van der Waals surface area (Å²) in [7, 11) is 0. The van der Waals surface area contributed by atoms with Gasteiger partial charge < -0.3 is 11.1 Å². The summed E-state index contributed by atoms with van der Waals surface area (Å²) in [5, 5.41) is 5.34. The molecule has 2 aromatic rings. The first-order valence-corrected chi connectivity index (χ1v) is 6.24. The lowest BCUT2D eigenvalue weighted by molar-refractivity contribution is -0.120. The van der Waals surface area contributed by atoms with E-state index in [1.165, 1.54) is 16.3 Å². The van der Waals surface area contributed by atoms with E-state index in [2.05, 4.69) is 35.6 Å². The number of carbonyl (C=O) groups excluding carboxylic acids is 1. The van der Waals surface area contributed by atoms with E-state index in [4.69, 9.17) is 5.73 Å². The lowest BCUT2D eigenvalue weighted by atomic mass is 10.1. The molecule has 3 N–H and O–H groups in total. The van der Waals surface area contributed by atoms with Gasteiger partial charge in [-0.1, -0.05) is 42.5 Å². The largest absolute Gasteiger partial charge is 0.356 e. The Morgan fingerprint density at radius 3 is 2.58 bits per heavy atom. The van der Waals surface area contributed by atoms with Crippen molar-refractivity contribution in [1.82, 2.24) is 5.32 Å².